The van der Waals surface area contributed by atoms with Gasteiger partial charge < -0.3 is 15.3 Å². The average Bonchev–Trinajstić information content (AvgIpc) is 3.35. The molecule has 10 heteroatoms. The van der Waals surface area contributed by atoms with Crippen molar-refractivity contribution in [1.29, 1.82) is 0 Å². The van der Waals surface area contributed by atoms with E-state index in [0.717, 1.165) is 21.7 Å². The topological polar surface area (TPSA) is 107 Å². The molecular formula is C22H28ClN5O3S. The first-order valence-electron chi connectivity index (χ1n) is 10.4. The standard InChI is InChI=1S/C22H28ClN5O3S/c1-13-18(32-12-25-13)15-7-5-14(6-8-15)10-24-20(30)17-9-16(29)11-28(17)21(31)19(26-27-23)22(2,3)4/h5-8,12,16-17,19,29H,9-11H2,1-4H3,(H,24,30)/t16-,17+,19-/m1/s1. The van der Waals surface area contributed by atoms with E-state index in [9.17, 15) is 14.7 Å². The molecule has 0 spiro atoms. The second kappa shape index (κ2) is 10.1. The molecule has 8 nitrogen and oxygen atoms in total. The fourth-order valence-electron chi connectivity index (χ4n) is 3.76. The van der Waals surface area contributed by atoms with Gasteiger partial charge in [0.05, 0.1) is 34.0 Å². The van der Waals surface area contributed by atoms with E-state index in [1.807, 2.05) is 57.5 Å². The molecule has 2 N–H and O–H groups in total. The predicted molar refractivity (Wildman–Crippen MR) is 124 cm³/mol. The third-order valence-corrected chi connectivity index (χ3v) is 6.57. The number of nitrogens with zero attached hydrogens (tertiary/aromatic N) is 4. The first kappa shape index (κ1) is 24.3. The zero-order chi connectivity index (χ0) is 23.5. The van der Waals surface area contributed by atoms with E-state index in [0.29, 0.717) is 6.54 Å². The van der Waals surface area contributed by atoms with Gasteiger partial charge in [-0.3, -0.25) is 9.59 Å². The van der Waals surface area contributed by atoms with Crippen LogP contribution in [0.15, 0.2) is 39.5 Å². The Morgan fingerprint density at radius 3 is 2.59 bits per heavy atom. The third kappa shape index (κ3) is 5.51. The normalized spacial score (nSPS) is 20.0. The van der Waals surface area contributed by atoms with E-state index >= 15 is 0 Å². The molecule has 2 heterocycles. The molecule has 3 atom stereocenters. The molecule has 1 aliphatic heterocycles. The number of aliphatic hydroxyl groups is 1. The molecule has 1 saturated heterocycles. The van der Waals surface area contributed by atoms with Crippen molar-refractivity contribution in [3.63, 3.8) is 0 Å². The van der Waals surface area contributed by atoms with Gasteiger partial charge in [-0.05, 0) is 23.5 Å². The molecule has 1 aliphatic rings. The van der Waals surface area contributed by atoms with E-state index in [4.69, 9.17) is 11.8 Å². The first-order valence-corrected chi connectivity index (χ1v) is 11.6. The monoisotopic (exact) mass is 477 g/mol. The van der Waals surface area contributed by atoms with Crippen molar-refractivity contribution in [2.75, 3.05) is 6.54 Å². The van der Waals surface area contributed by atoms with E-state index < -0.39 is 23.6 Å². The molecule has 0 aliphatic carbocycles. The number of hydrogen-bond acceptors (Lipinski definition) is 7. The van der Waals surface area contributed by atoms with Gasteiger partial charge in [0, 0.05) is 19.5 Å². The number of carbonyl (C=O) groups excluding carboxylic acids is 2. The number of hydrogen-bond donors (Lipinski definition) is 2. The Bertz CT molecular complexity index is 986. The Morgan fingerprint density at radius 2 is 2.03 bits per heavy atom. The number of nitrogens with one attached hydrogen (secondary N) is 1. The van der Waals surface area contributed by atoms with E-state index in [1.165, 1.54) is 4.90 Å². The number of β-amino-alcohol motifs (C(OH)–C–C–N with tert-alkyl or cyclic N) is 1. The molecule has 1 fully saturated rings. The van der Waals surface area contributed by atoms with Crippen LogP contribution >= 0.6 is 23.1 Å². The van der Waals surface area contributed by atoms with Crippen molar-refractivity contribution in [2.24, 2.45) is 15.2 Å². The van der Waals surface area contributed by atoms with Gasteiger partial charge in [0.25, 0.3) is 5.91 Å². The van der Waals surface area contributed by atoms with Gasteiger partial charge in [-0.15, -0.1) is 11.3 Å². The third-order valence-electron chi connectivity index (χ3n) is 5.51. The number of amides is 2. The van der Waals surface area contributed by atoms with Gasteiger partial charge in [0.15, 0.2) is 6.04 Å². The number of aliphatic hydroxyl groups excluding tert-OH is 1. The van der Waals surface area contributed by atoms with Crippen LogP contribution in [0.4, 0.5) is 0 Å². The quantitative estimate of drug-likeness (QED) is 0.618. The molecule has 3 rings (SSSR count). The maximum Gasteiger partial charge on any atom is 0.250 e. The Kier molecular flexibility index (Phi) is 7.63. The number of likely N-dealkylation sites (tertiary alicyclic amines) is 1. The molecule has 32 heavy (non-hydrogen) atoms. The number of aryl methyl sites for hydroxylation is 1. The van der Waals surface area contributed by atoms with Crippen LogP contribution in [0.1, 0.15) is 38.4 Å². The summed E-state index contributed by atoms with van der Waals surface area (Å²) >= 11 is 7.00. The number of benzene rings is 1. The lowest BCUT2D eigenvalue weighted by Gasteiger charge is -2.31. The molecule has 0 radical (unpaired) electrons. The predicted octanol–water partition coefficient (Wildman–Crippen LogP) is 3.72. The second-order valence-corrected chi connectivity index (χ2v) is 10.0. The van der Waals surface area contributed by atoms with Crippen molar-refractivity contribution in [3.8, 4) is 10.4 Å². The minimum Gasteiger partial charge on any atom is -0.391 e. The summed E-state index contributed by atoms with van der Waals surface area (Å²) in [6, 6.07) is 6.30. The highest BCUT2D eigenvalue weighted by Gasteiger charge is 2.44. The Hall–Kier alpha value is -2.36. The Labute approximate surface area is 196 Å². The molecule has 1 aromatic carbocycles. The van der Waals surface area contributed by atoms with Crippen LogP contribution in [-0.2, 0) is 16.1 Å². The van der Waals surface area contributed by atoms with Gasteiger partial charge in [-0.1, -0.05) is 49.7 Å². The smallest absolute Gasteiger partial charge is 0.250 e. The lowest BCUT2D eigenvalue weighted by atomic mass is 9.86. The highest BCUT2D eigenvalue weighted by molar-refractivity contribution is 7.13. The summed E-state index contributed by atoms with van der Waals surface area (Å²) in [5, 5.41) is 16.9. The average molecular weight is 478 g/mol. The molecular weight excluding hydrogens is 450 g/mol. The number of thiazole rings is 1. The number of aromatic nitrogens is 1. The zero-order valence-corrected chi connectivity index (χ0v) is 20.2. The zero-order valence-electron chi connectivity index (χ0n) is 18.6. The molecule has 172 valence electrons. The molecule has 0 unspecified atom stereocenters. The highest BCUT2D eigenvalue weighted by Crippen LogP contribution is 2.29. The number of rotatable bonds is 6. The van der Waals surface area contributed by atoms with Gasteiger partial charge in [-0.2, -0.15) is 5.11 Å². The fraction of sp³-hybridized carbons (Fsp3) is 0.500. The van der Waals surface area contributed by atoms with Gasteiger partial charge in [0.2, 0.25) is 5.91 Å². The van der Waals surface area contributed by atoms with Crippen LogP contribution in [0, 0.1) is 12.3 Å². The Balaban J connectivity index is 1.67. The van der Waals surface area contributed by atoms with E-state index in [2.05, 4.69) is 20.0 Å². The van der Waals surface area contributed by atoms with Crippen LogP contribution in [-0.4, -0.2) is 51.5 Å². The summed E-state index contributed by atoms with van der Waals surface area (Å²) in [6.07, 6.45) is -0.596. The van der Waals surface area contributed by atoms with Crippen molar-refractivity contribution in [1.82, 2.24) is 15.2 Å². The van der Waals surface area contributed by atoms with Gasteiger partial charge >= 0.3 is 0 Å². The minimum atomic E-state index is -0.844. The molecule has 1 aromatic heterocycles. The van der Waals surface area contributed by atoms with Crippen molar-refractivity contribution < 1.29 is 14.7 Å². The van der Waals surface area contributed by atoms with E-state index in [1.54, 1.807) is 11.3 Å². The van der Waals surface area contributed by atoms with Gasteiger partial charge in [0.1, 0.15) is 6.04 Å². The summed E-state index contributed by atoms with van der Waals surface area (Å²) in [5.41, 5.74) is 4.28. The molecule has 0 saturated carbocycles. The fourth-order valence-corrected chi connectivity index (χ4v) is 4.66. The van der Waals surface area contributed by atoms with Crippen molar-refractivity contribution in [3.05, 3.63) is 41.0 Å². The summed E-state index contributed by atoms with van der Waals surface area (Å²) in [7, 11) is 0. The molecule has 2 amide bonds. The van der Waals surface area contributed by atoms with Crippen LogP contribution in [0.25, 0.3) is 10.4 Å². The van der Waals surface area contributed by atoms with Crippen molar-refractivity contribution in [2.45, 2.75) is 58.8 Å². The SMILES string of the molecule is Cc1ncsc1-c1ccc(CNC(=O)[C@@H]2C[C@@H](O)CN2C(=O)[C@@H](N=NCl)C(C)(C)C)cc1. The van der Waals surface area contributed by atoms with Crippen LogP contribution < -0.4 is 5.32 Å². The summed E-state index contributed by atoms with van der Waals surface area (Å²) in [6.45, 7) is 7.91. The lowest BCUT2D eigenvalue weighted by Crippen LogP contribution is -2.51. The number of carbonyl (C=O) groups is 2. The maximum absolute atomic E-state index is 13.1. The van der Waals surface area contributed by atoms with Gasteiger partial charge in [-0.25, -0.2) is 4.98 Å². The maximum atomic E-state index is 13.1. The van der Waals surface area contributed by atoms with Crippen LogP contribution in [0.3, 0.4) is 0 Å². The summed E-state index contributed by atoms with van der Waals surface area (Å²) in [5.74, 6) is -0.685. The van der Waals surface area contributed by atoms with E-state index in [-0.39, 0.29) is 24.8 Å². The lowest BCUT2D eigenvalue weighted by molar-refractivity contribution is -0.141. The second-order valence-electron chi connectivity index (χ2n) is 9.04. The van der Waals surface area contributed by atoms with Crippen LogP contribution in [0.2, 0.25) is 0 Å². The largest absolute Gasteiger partial charge is 0.391 e. The Morgan fingerprint density at radius 1 is 1.34 bits per heavy atom. The molecule has 2 aromatic rings. The number of halogens is 1. The first-order chi connectivity index (χ1) is 15.1. The van der Waals surface area contributed by atoms with Crippen molar-refractivity contribution >= 4 is 34.9 Å². The molecule has 0 bridgehead atoms. The van der Waals surface area contributed by atoms with Crippen LogP contribution in [0.5, 0.6) is 0 Å². The highest BCUT2D eigenvalue weighted by atomic mass is 35.5. The minimum absolute atomic E-state index is 0.0736. The summed E-state index contributed by atoms with van der Waals surface area (Å²) in [4.78, 5) is 32.8. The summed E-state index contributed by atoms with van der Waals surface area (Å²) < 4.78 is 3.27.